The Bertz CT molecular complexity index is 577. The molecule has 0 fully saturated rings. The van der Waals surface area contributed by atoms with Crippen molar-refractivity contribution in [1.82, 2.24) is 4.98 Å². The number of rotatable bonds is 3. The van der Waals surface area contributed by atoms with Crippen LogP contribution in [0.4, 0.5) is 11.4 Å². The average molecular weight is 267 g/mol. The Morgan fingerprint density at radius 1 is 1.25 bits per heavy atom. The molecule has 1 aliphatic rings. The summed E-state index contributed by atoms with van der Waals surface area (Å²) < 4.78 is 0. The van der Waals surface area contributed by atoms with Crippen molar-refractivity contribution in [2.45, 2.75) is 32.2 Å². The number of hydrogen-bond donors (Lipinski definition) is 1. The highest BCUT2D eigenvalue weighted by Gasteiger charge is 2.18. The van der Waals surface area contributed by atoms with Crippen LogP contribution in [0.2, 0.25) is 0 Å². The molecule has 1 atom stereocenters. The van der Waals surface area contributed by atoms with Gasteiger partial charge in [0.25, 0.3) is 0 Å². The highest BCUT2D eigenvalue weighted by molar-refractivity contribution is 5.67. The normalized spacial score (nSPS) is 15.8. The number of aromatic nitrogens is 1. The fraction of sp³-hybridized carbons (Fsp3) is 0.353. The summed E-state index contributed by atoms with van der Waals surface area (Å²) in [6, 6.07) is 12.9. The van der Waals surface area contributed by atoms with Crippen molar-refractivity contribution in [3.63, 3.8) is 0 Å². The molecule has 0 saturated carbocycles. The van der Waals surface area contributed by atoms with Gasteiger partial charge in [-0.1, -0.05) is 25.1 Å². The lowest BCUT2D eigenvalue weighted by Crippen LogP contribution is -2.24. The van der Waals surface area contributed by atoms with Crippen LogP contribution in [0.15, 0.2) is 42.6 Å². The molecule has 20 heavy (non-hydrogen) atoms. The summed E-state index contributed by atoms with van der Waals surface area (Å²) in [5, 5.41) is 0. The second-order valence-electron chi connectivity index (χ2n) is 5.34. The molecule has 2 N–H and O–H groups in total. The van der Waals surface area contributed by atoms with E-state index < -0.39 is 0 Å². The molecule has 104 valence electrons. The second-order valence-corrected chi connectivity index (χ2v) is 5.34. The number of nitrogens with zero attached hydrogens (tertiary/aromatic N) is 2. The maximum absolute atomic E-state index is 6.02. The first kappa shape index (κ1) is 13.1. The summed E-state index contributed by atoms with van der Waals surface area (Å²) in [6.07, 6.45) is 5.22. The molecule has 0 bridgehead atoms. The minimum absolute atomic E-state index is 0.0395. The molecule has 0 aliphatic carbocycles. The molecule has 0 amide bonds. The smallest absolute Gasteiger partial charge is 0.0597 e. The highest BCUT2D eigenvalue weighted by atomic mass is 15.1. The molecule has 1 aromatic heterocycles. The van der Waals surface area contributed by atoms with Gasteiger partial charge in [0.05, 0.1) is 17.6 Å². The van der Waals surface area contributed by atoms with Gasteiger partial charge in [-0.2, -0.15) is 0 Å². The van der Waals surface area contributed by atoms with E-state index in [0.717, 1.165) is 24.3 Å². The maximum Gasteiger partial charge on any atom is 0.0597 e. The van der Waals surface area contributed by atoms with Crippen LogP contribution in [-0.4, -0.2) is 11.5 Å². The number of anilines is 2. The zero-order valence-corrected chi connectivity index (χ0v) is 11.9. The molecule has 0 saturated heterocycles. The number of hydrogen-bond acceptors (Lipinski definition) is 3. The SMILES string of the molecule is CC[C@@H](N)c1ccc(N2CCCc3ccccc32)cn1. The van der Waals surface area contributed by atoms with Crippen molar-refractivity contribution >= 4 is 11.4 Å². The zero-order valence-electron chi connectivity index (χ0n) is 11.9. The molecule has 2 heterocycles. The third kappa shape index (κ3) is 2.41. The lowest BCUT2D eigenvalue weighted by molar-refractivity contribution is 0.675. The van der Waals surface area contributed by atoms with Crippen molar-refractivity contribution in [2.24, 2.45) is 5.73 Å². The van der Waals surface area contributed by atoms with E-state index in [1.807, 2.05) is 6.20 Å². The lowest BCUT2D eigenvalue weighted by atomic mass is 10.0. The summed E-state index contributed by atoms with van der Waals surface area (Å²) in [5.41, 5.74) is 10.9. The van der Waals surface area contributed by atoms with Gasteiger partial charge in [-0.25, -0.2) is 0 Å². The molecule has 0 radical (unpaired) electrons. The van der Waals surface area contributed by atoms with E-state index in [-0.39, 0.29) is 6.04 Å². The molecular weight excluding hydrogens is 246 g/mol. The topological polar surface area (TPSA) is 42.1 Å². The Hall–Kier alpha value is -1.87. The first-order valence-electron chi connectivity index (χ1n) is 7.36. The predicted molar refractivity (Wildman–Crippen MR) is 83.2 cm³/mol. The van der Waals surface area contributed by atoms with Gasteiger partial charge in [0, 0.05) is 18.3 Å². The van der Waals surface area contributed by atoms with Crippen LogP contribution < -0.4 is 10.6 Å². The number of nitrogens with two attached hydrogens (primary N) is 1. The minimum atomic E-state index is 0.0395. The average Bonchev–Trinajstić information content (AvgIpc) is 2.54. The molecular formula is C17H21N3. The van der Waals surface area contributed by atoms with E-state index in [9.17, 15) is 0 Å². The van der Waals surface area contributed by atoms with Crippen molar-refractivity contribution in [3.8, 4) is 0 Å². The van der Waals surface area contributed by atoms with E-state index in [2.05, 4.69) is 53.2 Å². The van der Waals surface area contributed by atoms with Gasteiger partial charge in [0.1, 0.15) is 0 Å². The van der Waals surface area contributed by atoms with Crippen molar-refractivity contribution in [2.75, 3.05) is 11.4 Å². The van der Waals surface area contributed by atoms with E-state index in [1.165, 1.54) is 24.1 Å². The molecule has 1 aromatic carbocycles. The van der Waals surface area contributed by atoms with Crippen molar-refractivity contribution in [1.29, 1.82) is 0 Å². The number of pyridine rings is 1. The Morgan fingerprint density at radius 2 is 2.10 bits per heavy atom. The van der Waals surface area contributed by atoms with Crippen LogP contribution in [0.1, 0.15) is 37.1 Å². The quantitative estimate of drug-likeness (QED) is 0.924. The summed E-state index contributed by atoms with van der Waals surface area (Å²) >= 11 is 0. The molecule has 0 unspecified atom stereocenters. The van der Waals surface area contributed by atoms with Crippen LogP contribution in [0.5, 0.6) is 0 Å². The summed E-state index contributed by atoms with van der Waals surface area (Å²) in [4.78, 5) is 6.89. The first-order valence-corrected chi connectivity index (χ1v) is 7.36. The fourth-order valence-electron chi connectivity index (χ4n) is 2.79. The van der Waals surface area contributed by atoms with Gasteiger partial charge in [0.15, 0.2) is 0 Å². The van der Waals surface area contributed by atoms with E-state index in [4.69, 9.17) is 5.73 Å². The number of para-hydroxylation sites is 1. The van der Waals surface area contributed by atoms with Gasteiger partial charge < -0.3 is 10.6 Å². The third-order valence-electron chi connectivity index (χ3n) is 4.01. The van der Waals surface area contributed by atoms with E-state index >= 15 is 0 Å². The second kappa shape index (κ2) is 5.63. The summed E-state index contributed by atoms with van der Waals surface area (Å²) in [6.45, 7) is 3.14. The van der Waals surface area contributed by atoms with Gasteiger partial charge in [-0.05, 0) is 43.0 Å². The standard InChI is InChI=1S/C17H21N3/c1-2-15(18)16-10-9-14(12-19-16)20-11-5-7-13-6-3-4-8-17(13)20/h3-4,6,8-10,12,15H,2,5,7,11,18H2,1H3/t15-/m1/s1. The fourth-order valence-corrected chi connectivity index (χ4v) is 2.79. The van der Waals surface area contributed by atoms with Gasteiger partial charge >= 0.3 is 0 Å². The van der Waals surface area contributed by atoms with Crippen LogP contribution in [0.3, 0.4) is 0 Å². The van der Waals surface area contributed by atoms with Crippen LogP contribution in [-0.2, 0) is 6.42 Å². The van der Waals surface area contributed by atoms with Gasteiger partial charge in [-0.3, -0.25) is 4.98 Å². The molecule has 0 spiro atoms. The molecule has 2 aromatic rings. The molecule has 3 heteroatoms. The largest absolute Gasteiger partial charge is 0.340 e. The Kier molecular flexibility index (Phi) is 3.70. The summed E-state index contributed by atoms with van der Waals surface area (Å²) in [5.74, 6) is 0. The van der Waals surface area contributed by atoms with Crippen LogP contribution in [0.25, 0.3) is 0 Å². The predicted octanol–water partition coefficient (Wildman–Crippen LogP) is 3.58. The monoisotopic (exact) mass is 267 g/mol. The van der Waals surface area contributed by atoms with Crippen LogP contribution in [0, 0.1) is 0 Å². The zero-order chi connectivity index (χ0) is 13.9. The van der Waals surface area contributed by atoms with Crippen molar-refractivity contribution < 1.29 is 0 Å². The number of aryl methyl sites for hydroxylation is 1. The summed E-state index contributed by atoms with van der Waals surface area (Å²) in [7, 11) is 0. The van der Waals surface area contributed by atoms with Crippen LogP contribution >= 0.6 is 0 Å². The van der Waals surface area contributed by atoms with Gasteiger partial charge in [-0.15, -0.1) is 0 Å². The molecule has 1 aliphatic heterocycles. The van der Waals surface area contributed by atoms with Gasteiger partial charge in [0.2, 0.25) is 0 Å². The minimum Gasteiger partial charge on any atom is -0.340 e. The molecule has 3 nitrogen and oxygen atoms in total. The lowest BCUT2D eigenvalue weighted by Gasteiger charge is -2.31. The van der Waals surface area contributed by atoms with Crippen molar-refractivity contribution in [3.05, 3.63) is 53.9 Å². The third-order valence-corrected chi connectivity index (χ3v) is 4.01. The number of fused-ring (bicyclic) bond motifs is 1. The van der Waals surface area contributed by atoms with E-state index in [0.29, 0.717) is 0 Å². The Labute approximate surface area is 120 Å². The number of benzene rings is 1. The first-order chi connectivity index (χ1) is 9.79. The Morgan fingerprint density at radius 3 is 2.85 bits per heavy atom. The van der Waals surface area contributed by atoms with E-state index in [1.54, 1.807) is 0 Å². The Balaban J connectivity index is 1.91. The maximum atomic E-state index is 6.02. The highest BCUT2D eigenvalue weighted by Crippen LogP contribution is 2.33. The molecule has 3 rings (SSSR count).